The van der Waals surface area contributed by atoms with Crippen molar-refractivity contribution in [1.29, 1.82) is 0 Å². The van der Waals surface area contributed by atoms with Gasteiger partial charge in [0, 0.05) is 30.4 Å². The van der Waals surface area contributed by atoms with Crippen molar-refractivity contribution in [2.24, 2.45) is 5.73 Å². The van der Waals surface area contributed by atoms with Crippen LogP contribution in [0.4, 0.5) is 0 Å². The van der Waals surface area contributed by atoms with Crippen LogP contribution in [-0.4, -0.2) is 15.8 Å². The summed E-state index contributed by atoms with van der Waals surface area (Å²) in [5, 5.41) is 4.28. The standard InChI is InChI=1S/C10H17N3/c1-2-13-10(5-6-12-13)8-3-4-9(11)7-8/h5-6,8-9H,2-4,7,11H2,1H3/t8-,9+/m1/s1. The van der Waals surface area contributed by atoms with Crippen molar-refractivity contribution in [3.05, 3.63) is 18.0 Å². The molecule has 1 aliphatic carbocycles. The SMILES string of the molecule is CCn1nccc1[C@@H]1CC[C@H](N)C1. The van der Waals surface area contributed by atoms with Gasteiger partial charge in [-0.2, -0.15) is 5.10 Å². The molecule has 2 N–H and O–H groups in total. The van der Waals surface area contributed by atoms with Crippen molar-refractivity contribution >= 4 is 0 Å². The van der Waals surface area contributed by atoms with Gasteiger partial charge in [-0.3, -0.25) is 4.68 Å². The van der Waals surface area contributed by atoms with Gasteiger partial charge in [0.2, 0.25) is 0 Å². The fraction of sp³-hybridized carbons (Fsp3) is 0.700. The average molecular weight is 179 g/mol. The van der Waals surface area contributed by atoms with E-state index in [-0.39, 0.29) is 0 Å². The van der Waals surface area contributed by atoms with Crippen LogP contribution in [0.3, 0.4) is 0 Å². The van der Waals surface area contributed by atoms with Gasteiger partial charge in [0.15, 0.2) is 0 Å². The number of nitrogens with two attached hydrogens (primary N) is 1. The van der Waals surface area contributed by atoms with Crippen LogP contribution in [0.1, 0.15) is 37.8 Å². The fourth-order valence-corrected chi connectivity index (χ4v) is 2.24. The Kier molecular flexibility index (Phi) is 2.36. The summed E-state index contributed by atoms with van der Waals surface area (Å²) in [6.45, 7) is 3.10. The Morgan fingerprint density at radius 3 is 3.08 bits per heavy atom. The lowest BCUT2D eigenvalue weighted by atomic mass is 10.0. The fourth-order valence-electron chi connectivity index (χ4n) is 2.24. The molecule has 3 heteroatoms. The van der Waals surface area contributed by atoms with Crippen LogP contribution < -0.4 is 5.73 Å². The predicted molar refractivity (Wildman–Crippen MR) is 52.5 cm³/mol. The molecule has 72 valence electrons. The molecule has 2 rings (SSSR count). The quantitative estimate of drug-likeness (QED) is 0.747. The number of aromatic nitrogens is 2. The Morgan fingerprint density at radius 1 is 1.62 bits per heavy atom. The van der Waals surface area contributed by atoms with Crippen molar-refractivity contribution in [3.8, 4) is 0 Å². The zero-order chi connectivity index (χ0) is 9.26. The molecule has 2 atom stereocenters. The maximum absolute atomic E-state index is 5.89. The number of hydrogen-bond acceptors (Lipinski definition) is 2. The Morgan fingerprint density at radius 2 is 2.46 bits per heavy atom. The molecule has 13 heavy (non-hydrogen) atoms. The predicted octanol–water partition coefficient (Wildman–Crippen LogP) is 1.50. The van der Waals surface area contributed by atoms with Gasteiger partial charge in [0.25, 0.3) is 0 Å². The molecule has 0 saturated heterocycles. The van der Waals surface area contributed by atoms with Crippen molar-refractivity contribution in [1.82, 2.24) is 9.78 Å². The summed E-state index contributed by atoms with van der Waals surface area (Å²) in [6, 6.07) is 2.54. The summed E-state index contributed by atoms with van der Waals surface area (Å²) in [4.78, 5) is 0. The van der Waals surface area contributed by atoms with Gasteiger partial charge in [-0.05, 0) is 32.3 Å². The van der Waals surface area contributed by atoms with Gasteiger partial charge >= 0.3 is 0 Å². The maximum Gasteiger partial charge on any atom is 0.0492 e. The van der Waals surface area contributed by atoms with Crippen LogP contribution in [0.15, 0.2) is 12.3 Å². The molecule has 3 nitrogen and oxygen atoms in total. The van der Waals surface area contributed by atoms with Crippen molar-refractivity contribution in [3.63, 3.8) is 0 Å². The highest BCUT2D eigenvalue weighted by Crippen LogP contribution is 2.33. The summed E-state index contributed by atoms with van der Waals surface area (Å²) in [5.41, 5.74) is 7.26. The first-order chi connectivity index (χ1) is 6.31. The molecule has 1 fully saturated rings. The first kappa shape index (κ1) is 8.75. The van der Waals surface area contributed by atoms with E-state index in [0.717, 1.165) is 13.0 Å². The minimum Gasteiger partial charge on any atom is -0.328 e. The second kappa shape index (κ2) is 3.50. The van der Waals surface area contributed by atoms with Gasteiger partial charge in [0.1, 0.15) is 0 Å². The normalized spacial score (nSPS) is 28.2. The molecule has 0 amide bonds. The summed E-state index contributed by atoms with van der Waals surface area (Å²) in [6.07, 6.45) is 5.42. The van der Waals surface area contributed by atoms with Crippen LogP contribution in [0.2, 0.25) is 0 Å². The third kappa shape index (κ3) is 1.61. The van der Waals surface area contributed by atoms with E-state index in [1.165, 1.54) is 18.5 Å². The lowest BCUT2D eigenvalue weighted by molar-refractivity contribution is 0.563. The van der Waals surface area contributed by atoms with Gasteiger partial charge in [-0.15, -0.1) is 0 Å². The van der Waals surface area contributed by atoms with Gasteiger partial charge in [-0.1, -0.05) is 0 Å². The van der Waals surface area contributed by atoms with E-state index in [9.17, 15) is 0 Å². The van der Waals surface area contributed by atoms with E-state index in [2.05, 4.69) is 22.8 Å². The van der Waals surface area contributed by atoms with Gasteiger partial charge in [0.05, 0.1) is 0 Å². The highest BCUT2D eigenvalue weighted by molar-refractivity contribution is 5.10. The van der Waals surface area contributed by atoms with Crippen LogP contribution in [-0.2, 0) is 6.54 Å². The Hall–Kier alpha value is -0.830. The van der Waals surface area contributed by atoms with Crippen LogP contribution in [0.25, 0.3) is 0 Å². The number of nitrogens with zero attached hydrogens (tertiary/aromatic N) is 2. The molecular formula is C10H17N3. The maximum atomic E-state index is 5.89. The monoisotopic (exact) mass is 179 g/mol. The highest BCUT2D eigenvalue weighted by atomic mass is 15.3. The molecule has 0 spiro atoms. The molecule has 1 aliphatic rings. The lowest BCUT2D eigenvalue weighted by Gasteiger charge is -2.11. The molecule has 0 bridgehead atoms. The molecule has 0 unspecified atom stereocenters. The van der Waals surface area contributed by atoms with Crippen LogP contribution in [0, 0.1) is 0 Å². The first-order valence-corrected chi connectivity index (χ1v) is 5.08. The smallest absolute Gasteiger partial charge is 0.0492 e. The largest absolute Gasteiger partial charge is 0.328 e. The number of hydrogen-bond donors (Lipinski definition) is 1. The van der Waals surface area contributed by atoms with Crippen molar-refractivity contribution in [2.45, 2.75) is 44.7 Å². The van der Waals surface area contributed by atoms with E-state index in [4.69, 9.17) is 5.73 Å². The molecule has 0 aliphatic heterocycles. The zero-order valence-electron chi connectivity index (χ0n) is 8.11. The first-order valence-electron chi connectivity index (χ1n) is 5.08. The number of aryl methyl sites for hydroxylation is 1. The van der Waals surface area contributed by atoms with E-state index >= 15 is 0 Å². The highest BCUT2D eigenvalue weighted by Gasteiger charge is 2.25. The van der Waals surface area contributed by atoms with Crippen molar-refractivity contribution < 1.29 is 0 Å². The van der Waals surface area contributed by atoms with Crippen molar-refractivity contribution in [2.75, 3.05) is 0 Å². The van der Waals surface area contributed by atoms with Gasteiger partial charge < -0.3 is 5.73 Å². The molecule has 1 heterocycles. The topological polar surface area (TPSA) is 43.8 Å². The van der Waals surface area contributed by atoms with E-state index < -0.39 is 0 Å². The summed E-state index contributed by atoms with van der Waals surface area (Å²) in [5.74, 6) is 0.650. The second-order valence-corrected chi connectivity index (χ2v) is 3.84. The van der Waals surface area contributed by atoms with E-state index in [1.807, 2.05) is 6.20 Å². The lowest BCUT2D eigenvalue weighted by Crippen LogP contribution is -2.15. The molecule has 1 saturated carbocycles. The Labute approximate surface area is 78.9 Å². The summed E-state index contributed by atoms with van der Waals surface area (Å²) >= 11 is 0. The minimum absolute atomic E-state index is 0.408. The van der Waals surface area contributed by atoms with E-state index in [1.54, 1.807) is 0 Å². The third-order valence-corrected chi connectivity index (χ3v) is 2.94. The average Bonchev–Trinajstić information content (AvgIpc) is 2.71. The summed E-state index contributed by atoms with van der Waals surface area (Å²) in [7, 11) is 0. The molecule has 0 aromatic carbocycles. The van der Waals surface area contributed by atoms with Crippen LogP contribution in [0.5, 0.6) is 0 Å². The Bertz CT molecular complexity index is 279. The van der Waals surface area contributed by atoms with E-state index in [0.29, 0.717) is 12.0 Å². The zero-order valence-corrected chi connectivity index (χ0v) is 8.11. The molecule has 1 aromatic heterocycles. The minimum atomic E-state index is 0.408. The second-order valence-electron chi connectivity index (χ2n) is 3.84. The van der Waals surface area contributed by atoms with Gasteiger partial charge in [-0.25, -0.2) is 0 Å². The molecule has 0 radical (unpaired) electrons. The Balaban J connectivity index is 2.16. The van der Waals surface area contributed by atoms with Crippen LogP contribution >= 0.6 is 0 Å². The summed E-state index contributed by atoms with van der Waals surface area (Å²) < 4.78 is 2.09. The molecule has 1 aromatic rings. The number of rotatable bonds is 2. The molecular weight excluding hydrogens is 162 g/mol. The third-order valence-electron chi connectivity index (χ3n) is 2.94.